The van der Waals surface area contributed by atoms with Crippen LogP contribution >= 0.6 is 15.9 Å². The van der Waals surface area contributed by atoms with Crippen LogP contribution in [0.4, 0.5) is 0 Å². The van der Waals surface area contributed by atoms with Gasteiger partial charge in [0.25, 0.3) is 0 Å². The van der Waals surface area contributed by atoms with Gasteiger partial charge in [-0.1, -0.05) is 28.1 Å². The van der Waals surface area contributed by atoms with Gasteiger partial charge in [-0.3, -0.25) is 0 Å². The monoisotopic (exact) mass is 383 g/mol. The number of aryl methyl sites for hydroxylation is 1. The minimum Gasteiger partial charge on any atom is -0.497 e. The normalized spacial score (nSPS) is 11.4. The second-order valence-corrected chi connectivity index (χ2v) is 7.49. The number of hydrogen-bond donors (Lipinski definition) is 1. The Bertz CT molecular complexity index is 697. The van der Waals surface area contributed by atoms with E-state index in [1.165, 1.54) is 0 Å². The summed E-state index contributed by atoms with van der Waals surface area (Å²) in [6, 6.07) is 14.4. The molecule has 118 valence electrons. The molecule has 0 spiro atoms. The molecule has 0 aliphatic rings. The topological polar surface area (TPSA) is 55.4 Å². The first-order chi connectivity index (χ1) is 10.5. The van der Waals surface area contributed by atoms with E-state index in [9.17, 15) is 8.42 Å². The lowest BCUT2D eigenvalue weighted by atomic mass is 10.1. The molecule has 0 heterocycles. The third kappa shape index (κ3) is 4.83. The highest BCUT2D eigenvalue weighted by Crippen LogP contribution is 2.15. The Hall–Kier alpha value is -1.37. The smallest absolute Gasteiger partial charge is 0.240 e. The average molecular weight is 384 g/mol. The van der Waals surface area contributed by atoms with Crippen LogP contribution in [-0.2, 0) is 16.4 Å². The molecule has 0 aliphatic carbocycles. The van der Waals surface area contributed by atoms with Crippen molar-refractivity contribution < 1.29 is 13.2 Å². The van der Waals surface area contributed by atoms with Gasteiger partial charge in [-0.05, 0) is 54.8 Å². The van der Waals surface area contributed by atoms with Crippen LogP contribution in [0.3, 0.4) is 0 Å². The molecule has 0 aliphatic heterocycles. The highest BCUT2D eigenvalue weighted by molar-refractivity contribution is 9.10. The third-order valence-electron chi connectivity index (χ3n) is 3.22. The predicted octanol–water partition coefficient (Wildman–Crippen LogP) is 3.37. The summed E-state index contributed by atoms with van der Waals surface area (Å²) >= 11 is 3.29. The molecule has 1 N–H and O–H groups in total. The van der Waals surface area contributed by atoms with Crippen LogP contribution in [0.5, 0.6) is 5.75 Å². The molecule has 0 aromatic heterocycles. The van der Waals surface area contributed by atoms with Crippen LogP contribution < -0.4 is 9.46 Å². The van der Waals surface area contributed by atoms with E-state index in [4.69, 9.17) is 4.74 Å². The average Bonchev–Trinajstić information content (AvgIpc) is 2.52. The minimum atomic E-state index is -3.43. The van der Waals surface area contributed by atoms with Crippen molar-refractivity contribution in [1.82, 2.24) is 4.72 Å². The maximum absolute atomic E-state index is 12.1. The summed E-state index contributed by atoms with van der Waals surface area (Å²) in [7, 11) is -1.80. The van der Waals surface area contributed by atoms with Gasteiger partial charge in [-0.2, -0.15) is 0 Å². The largest absolute Gasteiger partial charge is 0.497 e. The molecule has 0 saturated heterocycles. The van der Waals surface area contributed by atoms with Crippen LogP contribution in [0.1, 0.15) is 12.0 Å². The van der Waals surface area contributed by atoms with Crippen molar-refractivity contribution in [2.45, 2.75) is 17.7 Å². The van der Waals surface area contributed by atoms with E-state index < -0.39 is 10.0 Å². The molecule has 0 radical (unpaired) electrons. The molecule has 0 atom stereocenters. The molecule has 0 saturated carbocycles. The van der Waals surface area contributed by atoms with Gasteiger partial charge in [0.05, 0.1) is 12.0 Å². The fourth-order valence-electron chi connectivity index (χ4n) is 1.99. The zero-order valence-electron chi connectivity index (χ0n) is 12.3. The Labute approximate surface area is 139 Å². The lowest BCUT2D eigenvalue weighted by Gasteiger charge is -2.07. The van der Waals surface area contributed by atoms with Gasteiger partial charge in [0, 0.05) is 11.0 Å². The quantitative estimate of drug-likeness (QED) is 0.745. The van der Waals surface area contributed by atoms with Gasteiger partial charge < -0.3 is 4.74 Å². The van der Waals surface area contributed by atoms with Gasteiger partial charge in [0.2, 0.25) is 10.0 Å². The maximum Gasteiger partial charge on any atom is 0.240 e. The first-order valence-electron chi connectivity index (χ1n) is 6.89. The molecular formula is C16H18BrNO3S. The van der Waals surface area contributed by atoms with Crippen molar-refractivity contribution in [2.75, 3.05) is 13.7 Å². The predicted molar refractivity (Wildman–Crippen MR) is 90.6 cm³/mol. The van der Waals surface area contributed by atoms with E-state index in [0.717, 1.165) is 28.6 Å². The lowest BCUT2D eigenvalue weighted by Crippen LogP contribution is -2.25. The summed E-state index contributed by atoms with van der Waals surface area (Å²) in [6.45, 7) is 0.407. The number of benzene rings is 2. The van der Waals surface area contributed by atoms with E-state index in [2.05, 4.69) is 20.7 Å². The Morgan fingerprint density at radius 1 is 1.05 bits per heavy atom. The highest BCUT2D eigenvalue weighted by atomic mass is 79.9. The maximum atomic E-state index is 12.1. The van der Waals surface area contributed by atoms with Crippen LogP contribution in [0.25, 0.3) is 0 Å². The highest BCUT2D eigenvalue weighted by Gasteiger charge is 2.12. The molecule has 0 unspecified atom stereocenters. The van der Waals surface area contributed by atoms with Gasteiger partial charge in [0.15, 0.2) is 0 Å². The molecule has 0 bridgehead atoms. The first kappa shape index (κ1) is 17.0. The number of sulfonamides is 1. The van der Waals surface area contributed by atoms with Gasteiger partial charge >= 0.3 is 0 Å². The Morgan fingerprint density at radius 3 is 2.27 bits per heavy atom. The van der Waals surface area contributed by atoms with Crippen LogP contribution in [0.2, 0.25) is 0 Å². The number of halogens is 1. The first-order valence-corrected chi connectivity index (χ1v) is 9.17. The molecular weight excluding hydrogens is 366 g/mol. The van der Waals surface area contributed by atoms with E-state index in [-0.39, 0.29) is 4.90 Å². The number of hydrogen-bond acceptors (Lipinski definition) is 3. The van der Waals surface area contributed by atoms with Crippen molar-refractivity contribution in [3.63, 3.8) is 0 Å². The Morgan fingerprint density at radius 2 is 1.68 bits per heavy atom. The van der Waals surface area contributed by atoms with Gasteiger partial charge in [0.1, 0.15) is 5.75 Å². The van der Waals surface area contributed by atoms with Gasteiger partial charge in [-0.25, -0.2) is 13.1 Å². The molecule has 0 fully saturated rings. The number of nitrogens with one attached hydrogen (secondary N) is 1. The fourth-order valence-corrected chi connectivity index (χ4v) is 3.33. The Balaban J connectivity index is 1.83. The zero-order chi connectivity index (χ0) is 16.0. The van der Waals surface area contributed by atoms with E-state index in [1.54, 1.807) is 31.4 Å². The van der Waals surface area contributed by atoms with E-state index in [1.807, 2.05) is 24.3 Å². The summed E-state index contributed by atoms with van der Waals surface area (Å²) < 4.78 is 32.8. The van der Waals surface area contributed by atoms with Crippen LogP contribution in [0.15, 0.2) is 57.9 Å². The summed E-state index contributed by atoms with van der Waals surface area (Å²) in [5, 5.41) is 0. The van der Waals surface area contributed by atoms with Crippen molar-refractivity contribution in [3.05, 3.63) is 58.6 Å². The second-order valence-electron chi connectivity index (χ2n) is 4.80. The minimum absolute atomic E-state index is 0.278. The SMILES string of the molecule is COc1ccc(CCCNS(=O)(=O)c2ccc(Br)cc2)cc1. The summed E-state index contributed by atoms with van der Waals surface area (Å²) in [5.41, 5.74) is 1.16. The number of ether oxygens (including phenoxy) is 1. The van der Waals surface area contributed by atoms with Crippen molar-refractivity contribution in [1.29, 1.82) is 0 Å². The van der Waals surface area contributed by atoms with Crippen molar-refractivity contribution in [3.8, 4) is 5.75 Å². The molecule has 2 aromatic carbocycles. The van der Waals surface area contributed by atoms with Gasteiger partial charge in [-0.15, -0.1) is 0 Å². The van der Waals surface area contributed by atoms with Crippen molar-refractivity contribution in [2.24, 2.45) is 0 Å². The van der Waals surface area contributed by atoms with E-state index >= 15 is 0 Å². The molecule has 4 nitrogen and oxygen atoms in total. The number of rotatable bonds is 7. The summed E-state index contributed by atoms with van der Waals surface area (Å²) in [6.07, 6.45) is 1.55. The second kappa shape index (κ2) is 7.76. The molecule has 6 heteroatoms. The number of methoxy groups -OCH3 is 1. The van der Waals surface area contributed by atoms with E-state index in [0.29, 0.717) is 6.54 Å². The zero-order valence-corrected chi connectivity index (χ0v) is 14.7. The molecule has 22 heavy (non-hydrogen) atoms. The Kier molecular flexibility index (Phi) is 5.99. The molecule has 0 amide bonds. The van der Waals surface area contributed by atoms with Crippen LogP contribution in [0, 0.1) is 0 Å². The summed E-state index contributed by atoms with van der Waals surface area (Å²) in [5.74, 6) is 0.819. The standard InChI is InChI=1S/C16H18BrNO3S/c1-21-15-8-4-13(5-9-15)3-2-12-18-22(19,20)16-10-6-14(17)7-11-16/h4-11,18H,2-3,12H2,1H3. The lowest BCUT2D eigenvalue weighted by molar-refractivity contribution is 0.414. The van der Waals surface area contributed by atoms with Crippen LogP contribution in [-0.4, -0.2) is 22.1 Å². The molecule has 2 aromatic rings. The van der Waals surface area contributed by atoms with Crippen molar-refractivity contribution >= 4 is 26.0 Å². The fraction of sp³-hybridized carbons (Fsp3) is 0.250. The third-order valence-corrected chi connectivity index (χ3v) is 5.22. The summed E-state index contributed by atoms with van der Waals surface area (Å²) in [4.78, 5) is 0.278. The molecule has 2 rings (SSSR count).